The average Bonchev–Trinajstić information content (AvgIpc) is 3.57. The molecular formula is C20H28FN7O9P2S2. The van der Waals surface area contributed by atoms with Gasteiger partial charge in [0.2, 0.25) is 5.88 Å². The number of nitrogens with two attached hydrogens (primary N) is 1. The third-order valence-corrected chi connectivity index (χ3v) is 10.5. The largest absolute Gasteiger partial charge is 0.474 e. The summed E-state index contributed by atoms with van der Waals surface area (Å²) in [4.78, 5) is 36.7. The first-order valence-corrected chi connectivity index (χ1v) is 17.9. The zero-order valence-electron chi connectivity index (χ0n) is 21.1. The molecule has 5 N–H and O–H groups in total. The predicted molar refractivity (Wildman–Crippen MR) is 145 cm³/mol. The summed E-state index contributed by atoms with van der Waals surface area (Å²) in [7, 11) is 0. The van der Waals surface area contributed by atoms with Gasteiger partial charge >= 0.3 is 13.5 Å². The number of alkyl halides is 1. The molecule has 4 fully saturated rings. The van der Waals surface area contributed by atoms with Gasteiger partial charge in [-0.05, 0) is 18.2 Å². The van der Waals surface area contributed by atoms with Gasteiger partial charge in [0.25, 0.3) is 5.91 Å². The second kappa shape index (κ2) is 11.6. The van der Waals surface area contributed by atoms with Gasteiger partial charge in [0, 0.05) is 24.6 Å². The van der Waals surface area contributed by atoms with Gasteiger partial charge in [-0.2, -0.15) is 0 Å². The summed E-state index contributed by atoms with van der Waals surface area (Å²) >= 11 is 9.33. The van der Waals surface area contributed by atoms with Crippen molar-refractivity contribution in [2.45, 2.75) is 68.2 Å². The van der Waals surface area contributed by atoms with Crippen LogP contribution in [0.15, 0.2) is 23.6 Å². The Morgan fingerprint density at radius 3 is 2.88 bits per heavy atom. The number of ether oxygens (including phenoxy) is 2. The van der Waals surface area contributed by atoms with Crippen LogP contribution in [-0.2, 0) is 44.0 Å². The minimum absolute atomic E-state index is 0.199. The highest BCUT2D eigenvalue weighted by Gasteiger charge is 2.56. The maximum atomic E-state index is 15.8. The van der Waals surface area contributed by atoms with Crippen LogP contribution in [0.2, 0.25) is 0 Å². The molecule has 12 atom stereocenters. The molecule has 226 valence electrons. The normalized spacial score (nSPS) is 46.5. The first-order chi connectivity index (χ1) is 19.5. The molecule has 16 nitrogen and oxygen atoms in total. The quantitative estimate of drug-likeness (QED) is 0.211. The van der Waals surface area contributed by atoms with E-state index in [1.807, 2.05) is 0 Å². The van der Waals surface area contributed by atoms with E-state index in [4.69, 9.17) is 45.1 Å². The molecule has 0 radical (unpaired) electrons. The van der Waals surface area contributed by atoms with E-state index in [1.165, 1.54) is 23.8 Å². The molecule has 5 heterocycles. The second-order valence-corrected chi connectivity index (χ2v) is 15.7. The number of amides is 1. The fourth-order valence-corrected chi connectivity index (χ4v) is 8.43. The van der Waals surface area contributed by atoms with Crippen molar-refractivity contribution in [2.24, 2.45) is 16.6 Å². The molecule has 5 aliphatic rings. The first kappa shape index (κ1) is 29.7. The standard InChI is InChI=1S/C20H28FN7O9P2S2/c21-14-12-6-33-38(30,40)36-11-4-10(34-13-1-2-23-7-24-13)3-9(11)5-32-39(31,41)37-16(14)19(35-12)28-8-25-15-17(28)26-20(22)27-18(15)29/h1-2,7-12,14-17,19-20,26H,3-6,22H2,(H,27,29)(H,30,40)(H,31,41)/t9-,10-,11+,12-,14-,15?,16-,17?,19-,20?,38?,39?/m1/s1. The number of carbonyl (C=O) groups excluding carboxylic acids is 1. The zero-order valence-corrected chi connectivity index (χ0v) is 24.6. The van der Waals surface area contributed by atoms with Crippen LogP contribution in [0.25, 0.3) is 0 Å². The molecule has 6 rings (SSSR count). The lowest BCUT2D eigenvalue weighted by Crippen LogP contribution is -2.70. The van der Waals surface area contributed by atoms with Gasteiger partial charge in [0.05, 0.1) is 25.7 Å². The fourth-order valence-electron chi connectivity index (χ4n) is 5.42. The van der Waals surface area contributed by atoms with Crippen LogP contribution >= 0.6 is 25.8 Å². The summed E-state index contributed by atoms with van der Waals surface area (Å²) in [6, 6.07) is 0.697. The fraction of sp³-hybridized carbons (Fsp3) is 0.700. The van der Waals surface area contributed by atoms with Gasteiger partial charge in [-0.3, -0.25) is 25.4 Å². The van der Waals surface area contributed by atoms with Crippen molar-refractivity contribution in [1.82, 2.24) is 25.5 Å². The van der Waals surface area contributed by atoms with Crippen molar-refractivity contribution in [1.29, 1.82) is 0 Å². The number of rotatable bonds is 3. The van der Waals surface area contributed by atoms with E-state index >= 15 is 4.39 Å². The van der Waals surface area contributed by atoms with Crippen molar-refractivity contribution < 1.29 is 46.2 Å². The van der Waals surface area contributed by atoms with Gasteiger partial charge in [0.15, 0.2) is 18.4 Å². The molecule has 1 saturated carbocycles. The lowest BCUT2D eigenvalue weighted by atomic mass is 10.1. The summed E-state index contributed by atoms with van der Waals surface area (Å²) in [6.07, 6.45) is -4.02. The van der Waals surface area contributed by atoms with E-state index in [1.54, 1.807) is 6.07 Å². The Kier molecular flexibility index (Phi) is 8.43. The van der Waals surface area contributed by atoms with E-state index in [0.29, 0.717) is 12.3 Å². The number of carbonyl (C=O) groups is 1. The maximum absolute atomic E-state index is 15.8. The smallest absolute Gasteiger partial charge is 0.386 e. The first-order valence-electron chi connectivity index (χ1n) is 12.6. The minimum atomic E-state index is -4.20. The molecule has 21 heteroatoms. The van der Waals surface area contributed by atoms with E-state index in [0.717, 1.165) is 0 Å². The molecule has 0 spiro atoms. The SMILES string of the molecule is NC1NC(=O)C2N=CN([C@@H]3O[C@@H]4COP(O)(=S)O[C@H]5C[C@H](Oc6ccncn6)C[C@@H]5COP(=O)(S)O[C@@H]3[C@@H]4F)C2N1. The molecule has 1 aromatic heterocycles. The van der Waals surface area contributed by atoms with E-state index < -0.39 is 87.3 Å². The van der Waals surface area contributed by atoms with Gasteiger partial charge < -0.3 is 38.2 Å². The van der Waals surface area contributed by atoms with Crippen LogP contribution in [0.5, 0.6) is 5.88 Å². The Balaban J connectivity index is 1.22. The summed E-state index contributed by atoms with van der Waals surface area (Å²) in [6.45, 7) is -8.81. The Bertz CT molecular complexity index is 1280. The number of aromatic nitrogens is 2. The van der Waals surface area contributed by atoms with Crippen molar-refractivity contribution in [2.75, 3.05) is 13.2 Å². The van der Waals surface area contributed by atoms with E-state index in [-0.39, 0.29) is 13.0 Å². The third-order valence-electron chi connectivity index (χ3n) is 7.26. The average molecular weight is 656 g/mol. The van der Waals surface area contributed by atoms with Crippen LogP contribution in [0.1, 0.15) is 12.8 Å². The molecule has 3 saturated heterocycles. The van der Waals surface area contributed by atoms with Crippen molar-refractivity contribution in [3.05, 3.63) is 18.6 Å². The minimum Gasteiger partial charge on any atom is -0.474 e. The van der Waals surface area contributed by atoms with Crippen molar-refractivity contribution in [3.63, 3.8) is 0 Å². The molecule has 0 aromatic carbocycles. The number of nitrogens with zero attached hydrogens (tertiary/aromatic N) is 4. The van der Waals surface area contributed by atoms with Crippen LogP contribution < -0.4 is 21.1 Å². The van der Waals surface area contributed by atoms with Crippen LogP contribution in [-0.4, -0.2) is 101 Å². The number of nitrogens with one attached hydrogen (secondary N) is 2. The number of hydrogen-bond acceptors (Lipinski definition) is 15. The zero-order chi connectivity index (χ0) is 28.9. The molecule has 1 aliphatic carbocycles. The molecule has 4 aliphatic heterocycles. The molecule has 5 unspecified atom stereocenters. The topological polar surface area (TPSA) is 201 Å². The number of thiol groups is 1. The van der Waals surface area contributed by atoms with Crippen LogP contribution in [0, 0.1) is 5.92 Å². The summed E-state index contributed by atoms with van der Waals surface area (Å²) < 4.78 is 63.5. The van der Waals surface area contributed by atoms with Crippen molar-refractivity contribution >= 4 is 49.8 Å². The van der Waals surface area contributed by atoms with Gasteiger partial charge in [0.1, 0.15) is 37.1 Å². The summed E-state index contributed by atoms with van der Waals surface area (Å²) in [5.74, 6) is -0.563. The Labute approximate surface area is 243 Å². The second-order valence-electron chi connectivity index (χ2n) is 10.0. The number of halogens is 1. The Morgan fingerprint density at radius 2 is 2.10 bits per heavy atom. The lowest BCUT2D eigenvalue weighted by molar-refractivity contribution is -0.130. The predicted octanol–water partition coefficient (Wildman–Crippen LogP) is -0.231. The lowest BCUT2D eigenvalue weighted by Gasteiger charge is -2.39. The maximum Gasteiger partial charge on any atom is 0.386 e. The van der Waals surface area contributed by atoms with Gasteiger partial charge in [-0.25, -0.2) is 18.9 Å². The van der Waals surface area contributed by atoms with Gasteiger partial charge in [-0.1, -0.05) is 12.2 Å². The van der Waals surface area contributed by atoms with Crippen LogP contribution in [0.4, 0.5) is 4.39 Å². The highest BCUT2D eigenvalue weighted by atomic mass is 32.7. The van der Waals surface area contributed by atoms with E-state index in [9.17, 15) is 14.3 Å². The highest BCUT2D eigenvalue weighted by molar-refractivity contribution is 8.44. The monoisotopic (exact) mass is 655 g/mol. The van der Waals surface area contributed by atoms with E-state index in [2.05, 4.69) is 37.8 Å². The number of hydrogen-bond donors (Lipinski definition) is 5. The number of fused-ring (bicyclic) bond motifs is 4. The molecule has 2 bridgehead atoms. The number of aliphatic imine (C=N–C) groups is 1. The van der Waals surface area contributed by atoms with Gasteiger partial charge in [-0.15, -0.1) is 0 Å². The molecule has 1 amide bonds. The Hall–Kier alpha value is -1.34. The van der Waals surface area contributed by atoms with Crippen molar-refractivity contribution in [3.8, 4) is 5.88 Å². The molecular weight excluding hydrogens is 627 g/mol. The Morgan fingerprint density at radius 1 is 1.27 bits per heavy atom. The highest BCUT2D eigenvalue weighted by Crippen LogP contribution is 2.58. The molecule has 1 aromatic rings. The third kappa shape index (κ3) is 6.46. The molecule has 41 heavy (non-hydrogen) atoms. The summed E-state index contributed by atoms with van der Waals surface area (Å²) in [5, 5.41) is 5.45. The summed E-state index contributed by atoms with van der Waals surface area (Å²) in [5.41, 5.74) is 5.85. The van der Waals surface area contributed by atoms with Crippen LogP contribution in [0.3, 0.4) is 0 Å².